The number of piperidine rings is 1. The van der Waals surface area contributed by atoms with E-state index in [1.165, 1.54) is 0 Å². The first-order valence-corrected chi connectivity index (χ1v) is 8.38. The van der Waals surface area contributed by atoms with Gasteiger partial charge in [-0.15, -0.1) is 0 Å². The Bertz CT molecular complexity index is 711. The van der Waals surface area contributed by atoms with Crippen LogP contribution in [0.15, 0.2) is 30.3 Å². The van der Waals surface area contributed by atoms with Gasteiger partial charge in [0.1, 0.15) is 5.82 Å². The molecule has 24 heavy (non-hydrogen) atoms. The van der Waals surface area contributed by atoms with Crippen molar-refractivity contribution in [2.45, 2.75) is 32.6 Å². The van der Waals surface area contributed by atoms with E-state index in [0.717, 1.165) is 30.8 Å². The number of likely N-dealkylation sites (tertiary alicyclic amines) is 1. The molecule has 1 fully saturated rings. The Labute approximate surface area is 141 Å². The summed E-state index contributed by atoms with van der Waals surface area (Å²) in [6, 6.07) is 9.33. The summed E-state index contributed by atoms with van der Waals surface area (Å²) in [6.07, 6.45) is 2.62. The molecule has 1 amide bonds. The number of hydrogen-bond donors (Lipinski definition) is 1. The molecule has 6 heteroatoms. The highest BCUT2D eigenvalue weighted by molar-refractivity contribution is 5.98. The number of nitrogens with zero attached hydrogens (tertiary/aromatic N) is 3. The maximum atomic E-state index is 12.6. The van der Waals surface area contributed by atoms with Crippen molar-refractivity contribution in [2.24, 2.45) is 5.92 Å². The zero-order valence-corrected chi connectivity index (χ0v) is 13.9. The van der Waals surface area contributed by atoms with Crippen LogP contribution in [0.1, 0.15) is 41.3 Å². The van der Waals surface area contributed by atoms with Crippen molar-refractivity contribution in [3.8, 4) is 0 Å². The Morgan fingerprint density at radius 1 is 1.29 bits per heavy atom. The fraction of sp³-hybridized carbons (Fsp3) is 0.444. The van der Waals surface area contributed by atoms with Gasteiger partial charge in [-0.2, -0.15) is 5.10 Å². The van der Waals surface area contributed by atoms with Gasteiger partial charge in [-0.25, -0.2) is 4.98 Å². The van der Waals surface area contributed by atoms with Gasteiger partial charge < -0.3 is 4.90 Å². The second-order valence-electron chi connectivity index (χ2n) is 6.25. The van der Waals surface area contributed by atoms with Crippen LogP contribution in [0.2, 0.25) is 0 Å². The molecule has 1 aliphatic rings. The van der Waals surface area contributed by atoms with E-state index in [4.69, 9.17) is 0 Å². The molecular weight excluding hydrogens is 304 g/mol. The first kappa shape index (κ1) is 16.4. The largest absolute Gasteiger partial charge is 0.342 e. The summed E-state index contributed by atoms with van der Waals surface area (Å²) in [6.45, 7) is 3.08. The number of nitrogens with one attached hydrogen (secondary N) is 1. The number of Topliss-reactive ketones (excluding diaryl/α,β-unsaturated/α-hetero) is 1. The molecule has 126 valence electrons. The first-order chi connectivity index (χ1) is 11.6. The minimum Gasteiger partial charge on any atom is -0.342 e. The molecule has 1 atom stereocenters. The fourth-order valence-electron chi connectivity index (χ4n) is 3.13. The monoisotopic (exact) mass is 326 g/mol. The lowest BCUT2D eigenvalue weighted by molar-refractivity contribution is -0.132. The SMILES string of the molecule is Cc1nc(CCC(=O)N2CCCC(C(=O)c3ccccc3)C2)n[nH]1. The predicted molar refractivity (Wildman–Crippen MR) is 89.5 cm³/mol. The van der Waals surface area contributed by atoms with E-state index in [1.807, 2.05) is 42.2 Å². The van der Waals surface area contributed by atoms with Crippen molar-refractivity contribution < 1.29 is 9.59 Å². The molecule has 0 radical (unpaired) electrons. The summed E-state index contributed by atoms with van der Waals surface area (Å²) in [7, 11) is 0. The second-order valence-corrected chi connectivity index (χ2v) is 6.25. The number of aryl methyl sites for hydroxylation is 2. The van der Waals surface area contributed by atoms with Gasteiger partial charge in [0.15, 0.2) is 11.6 Å². The quantitative estimate of drug-likeness (QED) is 0.854. The summed E-state index contributed by atoms with van der Waals surface area (Å²) in [4.78, 5) is 31.1. The van der Waals surface area contributed by atoms with Crippen LogP contribution in [0.25, 0.3) is 0 Å². The van der Waals surface area contributed by atoms with Crippen molar-refractivity contribution in [3.63, 3.8) is 0 Å². The van der Waals surface area contributed by atoms with Gasteiger partial charge in [0.2, 0.25) is 5.91 Å². The molecular formula is C18H22N4O2. The van der Waals surface area contributed by atoms with Crippen molar-refractivity contribution in [1.29, 1.82) is 0 Å². The number of amides is 1. The molecule has 1 saturated heterocycles. The van der Waals surface area contributed by atoms with E-state index < -0.39 is 0 Å². The average molecular weight is 326 g/mol. The Hall–Kier alpha value is -2.50. The summed E-state index contributed by atoms with van der Waals surface area (Å²) >= 11 is 0. The summed E-state index contributed by atoms with van der Waals surface area (Å²) in [5.74, 6) is 1.52. The third-order valence-corrected chi connectivity index (χ3v) is 4.41. The molecule has 0 bridgehead atoms. The number of carbonyl (C=O) groups excluding carboxylic acids is 2. The summed E-state index contributed by atoms with van der Waals surface area (Å²) in [5.41, 5.74) is 0.730. The first-order valence-electron chi connectivity index (χ1n) is 8.38. The fourth-order valence-corrected chi connectivity index (χ4v) is 3.13. The zero-order valence-electron chi connectivity index (χ0n) is 13.9. The average Bonchev–Trinajstić information content (AvgIpc) is 3.05. The zero-order chi connectivity index (χ0) is 16.9. The maximum Gasteiger partial charge on any atom is 0.223 e. The van der Waals surface area contributed by atoms with Gasteiger partial charge in [0.25, 0.3) is 0 Å². The van der Waals surface area contributed by atoms with Crippen LogP contribution in [-0.2, 0) is 11.2 Å². The Morgan fingerprint density at radius 2 is 2.08 bits per heavy atom. The standard InChI is InChI=1S/C18H22N4O2/c1-13-19-16(21-20-13)9-10-17(23)22-11-5-8-15(12-22)18(24)14-6-3-2-4-7-14/h2-4,6-7,15H,5,8-12H2,1H3,(H,19,20,21). The summed E-state index contributed by atoms with van der Waals surface area (Å²) < 4.78 is 0. The number of ketones is 1. The molecule has 1 aromatic heterocycles. The third kappa shape index (κ3) is 3.88. The highest BCUT2D eigenvalue weighted by atomic mass is 16.2. The number of rotatable bonds is 5. The molecule has 1 aliphatic heterocycles. The smallest absolute Gasteiger partial charge is 0.223 e. The van der Waals surface area contributed by atoms with Gasteiger partial charge >= 0.3 is 0 Å². The van der Waals surface area contributed by atoms with Crippen LogP contribution < -0.4 is 0 Å². The topological polar surface area (TPSA) is 79.0 Å². The molecule has 1 unspecified atom stereocenters. The molecule has 3 rings (SSSR count). The predicted octanol–water partition coefficient (Wildman–Crippen LogP) is 2.17. The Kier molecular flexibility index (Phi) is 5.03. The van der Waals surface area contributed by atoms with Crippen LogP contribution >= 0.6 is 0 Å². The van der Waals surface area contributed by atoms with E-state index in [1.54, 1.807) is 0 Å². The van der Waals surface area contributed by atoms with Gasteiger partial charge in [-0.3, -0.25) is 14.7 Å². The maximum absolute atomic E-state index is 12.6. The molecule has 0 aliphatic carbocycles. The molecule has 1 aromatic carbocycles. The van der Waals surface area contributed by atoms with E-state index in [9.17, 15) is 9.59 Å². The van der Waals surface area contributed by atoms with Gasteiger partial charge in [-0.05, 0) is 19.8 Å². The minimum atomic E-state index is -0.101. The Morgan fingerprint density at radius 3 is 2.79 bits per heavy atom. The van der Waals surface area contributed by atoms with Gasteiger partial charge in [0, 0.05) is 37.4 Å². The van der Waals surface area contributed by atoms with Crippen LogP contribution in [-0.4, -0.2) is 44.9 Å². The second kappa shape index (κ2) is 7.38. The van der Waals surface area contributed by atoms with Gasteiger partial charge in [0.05, 0.1) is 0 Å². The lowest BCUT2D eigenvalue weighted by Gasteiger charge is -2.32. The number of benzene rings is 1. The molecule has 1 N–H and O–H groups in total. The van der Waals surface area contributed by atoms with E-state index in [-0.39, 0.29) is 17.6 Å². The van der Waals surface area contributed by atoms with Crippen LogP contribution in [0.3, 0.4) is 0 Å². The number of H-pyrrole nitrogens is 1. The normalized spacial score (nSPS) is 17.7. The summed E-state index contributed by atoms with van der Waals surface area (Å²) in [5, 5.41) is 6.84. The van der Waals surface area contributed by atoms with Crippen molar-refractivity contribution >= 4 is 11.7 Å². The van der Waals surface area contributed by atoms with E-state index in [0.29, 0.717) is 25.2 Å². The van der Waals surface area contributed by atoms with Crippen LogP contribution in [0.5, 0.6) is 0 Å². The van der Waals surface area contributed by atoms with Gasteiger partial charge in [-0.1, -0.05) is 30.3 Å². The lowest BCUT2D eigenvalue weighted by atomic mass is 9.90. The highest BCUT2D eigenvalue weighted by Crippen LogP contribution is 2.21. The number of hydrogen-bond acceptors (Lipinski definition) is 4. The van der Waals surface area contributed by atoms with Crippen molar-refractivity contribution in [1.82, 2.24) is 20.1 Å². The molecule has 6 nitrogen and oxygen atoms in total. The number of aromatic nitrogens is 3. The van der Waals surface area contributed by atoms with Crippen molar-refractivity contribution in [3.05, 3.63) is 47.5 Å². The lowest BCUT2D eigenvalue weighted by Crippen LogP contribution is -2.42. The van der Waals surface area contributed by atoms with E-state index in [2.05, 4.69) is 15.2 Å². The minimum absolute atomic E-state index is 0.0722. The van der Waals surface area contributed by atoms with Crippen LogP contribution in [0.4, 0.5) is 0 Å². The highest BCUT2D eigenvalue weighted by Gasteiger charge is 2.28. The third-order valence-electron chi connectivity index (χ3n) is 4.41. The van der Waals surface area contributed by atoms with Crippen LogP contribution in [0, 0.1) is 12.8 Å². The van der Waals surface area contributed by atoms with Crippen molar-refractivity contribution in [2.75, 3.05) is 13.1 Å². The molecule has 2 aromatic rings. The molecule has 0 spiro atoms. The van der Waals surface area contributed by atoms with E-state index >= 15 is 0 Å². The number of aromatic amines is 1. The number of carbonyl (C=O) groups is 2. The Balaban J connectivity index is 1.56. The molecule has 0 saturated carbocycles. The molecule has 2 heterocycles.